The van der Waals surface area contributed by atoms with Crippen molar-refractivity contribution in [3.63, 3.8) is 0 Å². The van der Waals surface area contributed by atoms with Crippen molar-refractivity contribution in [2.75, 3.05) is 0 Å². The lowest BCUT2D eigenvalue weighted by Crippen LogP contribution is -2.17. The van der Waals surface area contributed by atoms with Crippen molar-refractivity contribution in [3.05, 3.63) is 24.0 Å². The molecule has 0 radical (unpaired) electrons. The zero-order valence-corrected chi connectivity index (χ0v) is 8.17. The van der Waals surface area contributed by atoms with Crippen molar-refractivity contribution in [2.45, 2.75) is 26.2 Å². The second-order valence-corrected chi connectivity index (χ2v) is 3.70. The van der Waals surface area contributed by atoms with E-state index in [2.05, 4.69) is 4.98 Å². The highest BCUT2D eigenvalue weighted by atomic mass is 19.3. The van der Waals surface area contributed by atoms with Crippen LogP contribution >= 0.6 is 0 Å². The van der Waals surface area contributed by atoms with E-state index < -0.39 is 5.92 Å². The van der Waals surface area contributed by atoms with E-state index in [1.54, 1.807) is 13.8 Å². The van der Waals surface area contributed by atoms with Gasteiger partial charge >= 0.3 is 0 Å². The van der Waals surface area contributed by atoms with Crippen LogP contribution in [-0.2, 0) is 5.92 Å². The first-order valence-electron chi connectivity index (χ1n) is 4.45. The summed E-state index contributed by atoms with van der Waals surface area (Å²) in [6.07, 6.45) is 0.800. The summed E-state index contributed by atoms with van der Waals surface area (Å²) >= 11 is 0. The zero-order valence-electron chi connectivity index (χ0n) is 8.17. The topological polar surface area (TPSA) is 33.1 Å². The molecule has 0 aliphatic heterocycles. The van der Waals surface area contributed by atoms with Crippen LogP contribution < -0.4 is 0 Å². The Morgan fingerprint density at radius 3 is 2.50 bits per heavy atom. The van der Waals surface area contributed by atoms with Gasteiger partial charge in [0.05, 0.1) is 6.20 Å². The van der Waals surface area contributed by atoms with Crippen molar-refractivity contribution in [1.29, 1.82) is 0 Å². The number of pyridine rings is 1. The van der Waals surface area contributed by atoms with Gasteiger partial charge in [0.2, 0.25) is 0 Å². The Balaban J connectivity index is 2.86. The molecule has 1 aromatic rings. The number of hydrogen-bond acceptors (Lipinski definition) is 2. The van der Waals surface area contributed by atoms with E-state index in [4.69, 9.17) is 5.11 Å². The van der Waals surface area contributed by atoms with Gasteiger partial charge in [0.25, 0.3) is 5.92 Å². The summed E-state index contributed by atoms with van der Waals surface area (Å²) in [7, 11) is 0. The molecule has 1 rings (SSSR count). The Hall–Kier alpha value is -1.19. The zero-order chi connectivity index (χ0) is 10.8. The molecule has 0 saturated heterocycles. The molecular formula is C10H13F2NO. The number of halogens is 2. The molecule has 2 nitrogen and oxygen atoms in total. The third-order valence-electron chi connectivity index (χ3n) is 1.79. The number of nitrogens with zero attached hydrogens (tertiary/aromatic N) is 1. The Morgan fingerprint density at radius 1 is 1.43 bits per heavy atom. The Kier molecular flexibility index (Phi) is 3.03. The molecule has 78 valence electrons. The molecule has 0 atom stereocenters. The van der Waals surface area contributed by atoms with E-state index in [-0.39, 0.29) is 23.8 Å². The van der Waals surface area contributed by atoms with Gasteiger partial charge in [-0.2, -0.15) is 8.78 Å². The monoisotopic (exact) mass is 201 g/mol. The molecule has 0 bridgehead atoms. The normalized spacial score (nSPS) is 12.1. The van der Waals surface area contributed by atoms with Crippen LogP contribution in [0.25, 0.3) is 0 Å². The van der Waals surface area contributed by atoms with E-state index in [0.717, 1.165) is 12.3 Å². The predicted molar refractivity (Wildman–Crippen MR) is 49.3 cm³/mol. The molecule has 0 saturated carbocycles. The molecule has 0 fully saturated rings. The number of hydrogen-bond donors (Lipinski definition) is 1. The van der Waals surface area contributed by atoms with E-state index in [0.29, 0.717) is 0 Å². The van der Waals surface area contributed by atoms with E-state index in [9.17, 15) is 8.78 Å². The van der Waals surface area contributed by atoms with Crippen LogP contribution in [0, 0.1) is 5.92 Å². The number of aromatic hydroxyl groups is 1. The van der Waals surface area contributed by atoms with Crippen LogP contribution in [0.4, 0.5) is 8.78 Å². The smallest absolute Gasteiger partial charge is 0.289 e. The predicted octanol–water partition coefficient (Wildman–Crippen LogP) is 2.93. The molecule has 0 aromatic carbocycles. The molecule has 4 heteroatoms. The maximum Gasteiger partial charge on any atom is 0.289 e. The van der Waals surface area contributed by atoms with Crippen molar-refractivity contribution >= 4 is 0 Å². The molecule has 1 N–H and O–H groups in total. The van der Waals surface area contributed by atoms with Crippen molar-refractivity contribution in [2.24, 2.45) is 5.92 Å². The Labute approximate surface area is 81.6 Å². The maximum atomic E-state index is 13.4. The molecule has 0 unspecified atom stereocenters. The minimum atomic E-state index is -2.91. The van der Waals surface area contributed by atoms with Gasteiger partial charge in [-0.1, -0.05) is 13.8 Å². The lowest BCUT2D eigenvalue weighted by atomic mass is 10.0. The van der Waals surface area contributed by atoms with E-state index >= 15 is 0 Å². The summed E-state index contributed by atoms with van der Waals surface area (Å²) < 4.78 is 26.8. The molecule has 14 heavy (non-hydrogen) atoms. The fourth-order valence-electron chi connectivity index (χ4n) is 1.22. The van der Waals surface area contributed by atoms with Crippen molar-refractivity contribution in [1.82, 2.24) is 4.98 Å². The van der Waals surface area contributed by atoms with Gasteiger partial charge in [0.15, 0.2) is 0 Å². The number of alkyl halides is 2. The van der Waals surface area contributed by atoms with Crippen molar-refractivity contribution in [3.8, 4) is 5.75 Å². The van der Waals surface area contributed by atoms with Gasteiger partial charge in [-0.3, -0.25) is 4.98 Å². The first-order valence-corrected chi connectivity index (χ1v) is 4.45. The summed E-state index contributed by atoms with van der Waals surface area (Å²) in [4.78, 5) is 3.50. The molecule has 0 aliphatic carbocycles. The van der Waals surface area contributed by atoms with Gasteiger partial charge in [0.1, 0.15) is 11.4 Å². The van der Waals surface area contributed by atoms with Gasteiger partial charge in [-0.15, -0.1) is 0 Å². The summed E-state index contributed by atoms with van der Waals surface area (Å²) in [5.74, 6) is -3.11. The first kappa shape index (κ1) is 10.9. The lowest BCUT2D eigenvalue weighted by Gasteiger charge is -2.17. The minimum absolute atomic E-state index is 0.0967. The number of rotatable bonds is 3. The van der Waals surface area contributed by atoms with Gasteiger partial charge in [-0.05, 0) is 18.1 Å². The maximum absolute atomic E-state index is 13.4. The van der Waals surface area contributed by atoms with E-state index in [1.807, 2.05) is 0 Å². The SMILES string of the molecule is CC(C)CC(F)(F)c1ccc(O)cn1. The van der Waals surface area contributed by atoms with Crippen molar-refractivity contribution < 1.29 is 13.9 Å². The second kappa shape index (κ2) is 3.90. The standard InChI is InChI=1S/C10H13F2NO/c1-7(2)5-10(11,12)9-4-3-8(14)6-13-9/h3-4,6-7,14H,5H2,1-2H3. The third-order valence-corrected chi connectivity index (χ3v) is 1.79. The van der Waals surface area contributed by atoms with Crippen LogP contribution in [-0.4, -0.2) is 10.1 Å². The van der Waals surface area contributed by atoms with Crippen LogP contribution in [0.5, 0.6) is 5.75 Å². The van der Waals surface area contributed by atoms with Gasteiger partial charge in [-0.25, -0.2) is 0 Å². The molecule has 0 spiro atoms. The Morgan fingerprint density at radius 2 is 2.07 bits per heavy atom. The average Bonchev–Trinajstić information content (AvgIpc) is 2.02. The minimum Gasteiger partial charge on any atom is -0.506 e. The largest absolute Gasteiger partial charge is 0.506 e. The van der Waals surface area contributed by atoms with E-state index in [1.165, 1.54) is 6.07 Å². The summed E-state index contributed by atoms with van der Waals surface area (Å²) in [5, 5.41) is 8.90. The number of aromatic nitrogens is 1. The van der Waals surface area contributed by atoms with Crippen LogP contribution in [0.2, 0.25) is 0 Å². The van der Waals surface area contributed by atoms with Crippen LogP contribution in [0.3, 0.4) is 0 Å². The fraction of sp³-hybridized carbons (Fsp3) is 0.500. The third kappa shape index (κ3) is 2.65. The summed E-state index contributed by atoms with van der Waals surface area (Å²) in [6, 6.07) is 2.37. The average molecular weight is 201 g/mol. The molecule has 1 heterocycles. The lowest BCUT2D eigenvalue weighted by molar-refractivity contribution is -0.0292. The van der Waals surface area contributed by atoms with Gasteiger partial charge in [0, 0.05) is 6.42 Å². The first-order chi connectivity index (χ1) is 6.42. The molecular weight excluding hydrogens is 188 g/mol. The molecule has 1 aromatic heterocycles. The Bertz CT molecular complexity index is 295. The molecule has 0 aliphatic rings. The van der Waals surface area contributed by atoms with Crippen LogP contribution in [0.15, 0.2) is 18.3 Å². The summed E-state index contributed by atoms with van der Waals surface area (Å²) in [6.45, 7) is 3.46. The highest BCUT2D eigenvalue weighted by Crippen LogP contribution is 2.33. The molecule has 0 amide bonds. The fourth-order valence-corrected chi connectivity index (χ4v) is 1.22. The quantitative estimate of drug-likeness (QED) is 0.815. The highest BCUT2D eigenvalue weighted by Gasteiger charge is 2.33. The second-order valence-electron chi connectivity index (χ2n) is 3.70. The highest BCUT2D eigenvalue weighted by molar-refractivity contribution is 5.20. The van der Waals surface area contributed by atoms with Gasteiger partial charge < -0.3 is 5.11 Å². The van der Waals surface area contributed by atoms with Crippen LogP contribution in [0.1, 0.15) is 26.0 Å². The summed E-state index contributed by atoms with van der Waals surface area (Å²) in [5.41, 5.74) is -0.288.